The molecule has 14 heavy (non-hydrogen) atoms. The summed E-state index contributed by atoms with van der Waals surface area (Å²) >= 11 is 3.83. The van der Waals surface area contributed by atoms with E-state index >= 15 is 0 Å². The Morgan fingerprint density at radius 3 is 2.43 bits per heavy atom. The number of hydrogen-bond donors (Lipinski definition) is 4. The molecule has 0 aliphatic heterocycles. The molecule has 0 bridgehead atoms. The number of rotatable bonds is 6. The van der Waals surface area contributed by atoms with E-state index in [0.29, 0.717) is 6.29 Å². The average molecular weight is 219 g/mol. The van der Waals surface area contributed by atoms with E-state index in [1.54, 1.807) is 0 Å². The van der Waals surface area contributed by atoms with Gasteiger partial charge in [0.2, 0.25) is 11.8 Å². The Balaban J connectivity index is 4.05. The van der Waals surface area contributed by atoms with Gasteiger partial charge in [0.15, 0.2) is 0 Å². The van der Waals surface area contributed by atoms with E-state index in [9.17, 15) is 14.4 Å². The number of carbonyl (C=O) groups excluding carboxylic acids is 3. The molecule has 0 heterocycles. The van der Waals surface area contributed by atoms with Crippen LogP contribution in [0.1, 0.15) is 6.42 Å². The van der Waals surface area contributed by atoms with Crippen molar-refractivity contribution in [1.82, 2.24) is 5.32 Å². The highest BCUT2D eigenvalue weighted by atomic mass is 32.1. The lowest BCUT2D eigenvalue weighted by Crippen LogP contribution is -2.48. The molecule has 6 nitrogen and oxygen atoms in total. The summed E-state index contributed by atoms with van der Waals surface area (Å²) < 4.78 is 0. The van der Waals surface area contributed by atoms with Crippen LogP contribution in [0.4, 0.5) is 0 Å². The topological polar surface area (TPSA) is 115 Å². The first-order chi connectivity index (χ1) is 6.51. The van der Waals surface area contributed by atoms with Gasteiger partial charge in [0.05, 0.1) is 18.5 Å². The first kappa shape index (κ1) is 12.9. The largest absolute Gasteiger partial charge is 0.370 e. The summed E-state index contributed by atoms with van der Waals surface area (Å²) in [7, 11) is 0. The summed E-state index contributed by atoms with van der Waals surface area (Å²) in [4.78, 5) is 31.9. The zero-order valence-corrected chi connectivity index (χ0v) is 8.37. The van der Waals surface area contributed by atoms with Gasteiger partial charge in [-0.2, -0.15) is 12.6 Å². The summed E-state index contributed by atoms with van der Waals surface area (Å²) in [5.74, 6) is -1.07. The summed E-state index contributed by atoms with van der Waals surface area (Å²) in [6.07, 6.45) is 0.297. The number of primary amides is 1. The van der Waals surface area contributed by atoms with Crippen LogP contribution in [0.2, 0.25) is 0 Å². The fourth-order valence-electron chi connectivity index (χ4n) is 0.722. The van der Waals surface area contributed by atoms with Gasteiger partial charge in [-0.3, -0.25) is 9.59 Å². The third kappa shape index (κ3) is 4.83. The molecular weight excluding hydrogens is 206 g/mol. The lowest BCUT2D eigenvalue weighted by Gasteiger charge is -2.13. The fraction of sp³-hybridized carbons (Fsp3) is 0.571. The van der Waals surface area contributed by atoms with Crippen LogP contribution in [0, 0.1) is 0 Å². The Morgan fingerprint density at radius 1 is 1.50 bits per heavy atom. The number of thiol groups is 1. The van der Waals surface area contributed by atoms with E-state index in [-0.39, 0.29) is 12.2 Å². The second kappa shape index (κ2) is 6.39. The van der Waals surface area contributed by atoms with Gasteiger partial charge >= 0.3 is 0 Å². The van der Waals surface area contributed by atoms with Crippen LogP contribution in [0.3, 0.4) is 0 Å². The van der Waals surface area contributed by atoms with Crippen molar-refractivity contribution in [3.63, 3.8) is 0 Å². The maximum Gasteiger partial charge on any atom is 0.238 e. The van der Waals surface area contributed by atoms with Crippen molar-refractivity contribution >= 4 is 30.7 Å². The predicted octanol–water partition coefficient (Wildman–Crippen LogP) is -2.20. The second-order valence-corrected chi connectivity index (χ2v) is 3.08. The summed E-state index contributed by atoms with van der Waals surface area (Å²) in [5.41, 5.74) is 10.2. The van der Waals surface area contributed by atoms with Crippen LogP contribution < -0.4 is 16.8 Å². The summed E-state index contributed by atoms with van der Waals surface area (Å²) in [6.45, 7) is 0. The van der Waals surface area contributed by atoms with E-state index in [1.807, 2.05) is 0 Å². The molecular formula is C7H13N3O3S. The van der Waals surface area contributed by atoms with Gasteiger partial charge in [0.1, 0.15) is 6.29 Å². The molecule has 0 aliphatic rings. The second-order valence-electron chi connectivity index (χ2n) is 2.71. The standard InChI is InChI=1S/C7H13N3O3S/c8-5(1-6(9)12)7(13)10-4(2-11)3-14/h2,4-5,14H,1,3,8H2,(H2,9,12)(H,10,13)/t4-,5+/m1/s1. The molecule has 2 atom stereocenters. The van der Waals surface area contributed by atoms with Gasteiger partial charge in [0.25, 0.3) is 0 Å². The molecule has 0 aromatic heterocycles. The predicted molar refractivity (Wildman–Crippen MR) is 53.6 cm³/mol. The van der Waals surface area contributed by atoms with E-state index in [4.69, 9.17) is 11.5 Å². The Bertz CT molecular complexity index is 234. The molecule has 0 aromatic carbocycles. The molecule has 0 spiro atoms. The van der Waals surface area contributed by atoms with Crippen LogP contribution in [-0.4, -0.2) is 35.9 Å². The number of nitrogens with one attached hydrogen (secondary N) is 1. The van der Waals surface area contributed by atoms with Gasteiger partial charge in [-0.15, -0.1) is 0 Å². The van der Waals surface area contributed by atoms with Crippen molar-refractivity contribution in [3.8, 4) is 0 Å². The SMILES string of the molecule is NC(=O)C[C@H](N)C(=O)N[C@H](C=O)CS. The molecule has 0 saturated carbocycles. The summed E-state index contributed by atoms with van der Waals surface area (Å²) in [5, 5.41) is 2.31. The van der Waals surface area contributed by atoms with Crippen molar-refractivity contribution in [2.45, 2.75) is 18.5 Å². The number of hydrogen-bond acceptors (Lipinski definition) is 5. The Kier molecular flexibility index (Phi) is 5.89. The average Bonchev–Trinajstić information content (AvgIpc) is 2.12. The molecule has 0 aliphatic carbocycles. The highest BCUT2D eigenvalue weighted by Gasteiger charge is 2.18. The highest BCUT2D eigenvalue weighted by Crippen LogP contribution is 1.90. The molecule has 0 unspecified atom stereocenters. The van der Waals surface area contributed by atoms with Crippen LogP contribution in [0.15, 0.2) is 0 Å². The van der Waals surface area contributed by atoms with Crippen LogP contribution in [0.5, 0.6) is 0 Å². The lowest BCUT2D eigenvalue weighted by molar-refractivity contribution is -0.127. The monoisotopic (exact) mass is 219 g/mol. The lowest BCUT2D eigenvalue weighted by atomic mass is 10.2. The third-order valence-corrected chi connectivity index (χ3v) is 1.84. The van der Waals surface area contributed by atoms with E-state index < -0.39 is 23.9 Å². The van der Waals surface area contributed by atoms with Crippen molar-refractivity contribution < 1.29 is 14.4 Å². The van der Waals surface area contributed by atoms with Gasteiger partial charge < -0.3 is 21.6 Å². The Hall–Kier alpha value is -1.08. The number of aldehydes is 1. The van der Waals surface area contributed by atoms with Crippen molar-refractivity contribution in [3.05, 3.63) is 0 Å². The zero-order chi connectivity index (χ0) is 11.1. The molecule has 0 radical (unpaired) electrons. The van der Waals surface area contributed by atoms with E-state index in [1.165, 1.54) is 0 Å². The number of nitrogens with two attached hydrogens (primary N) is 2. The zero-order valence-electron chi connectivity index (χ0n) is 7.47. The first-order valence-corrected chi connectivity index (χ1v) is 4.55. The first-order valence-electron chi connectivity index (χ1n) is 3.91. The third-order valence-electron chi connectivity index (χ3n) is 1.45. The van der Waals surface area contributed by atoms with Crippen LogP contribution >= 0.6 is 12.6 Å². The molecule has 0 aromatic rings. The quantitative estimate of drug-likeness (QED) is 0.300. The molecule has 80 valence electrons. The fourth-order valence-corrected chi connectivity index (χ4v) is 0.899. The molecule has 0 rings (SSSR count). The molecule has 7 heteroatoms. The smallest absolute Gasteiger partial charge is 0.238 e. The molecule has 0 fully saturated rings. The van der Waals surface area contributed by atoms with Gasteiger partial charge in [-0.1, -0.05) is 0 Å². The summed E-state index contributed by atoms with van der Waals surface area (Å²) in [6, 6.07) is -1.71. The van der Waals surface area contributed by atoms with Crippen LogP contribution in [-0.2, 0) is 14.4 Å². The van der Waals surface area contributed by atoms with E-state index in [0.717, 1.165) is 0 Å². The van der Waals surface area contributed by atoms with Gasteiger partial charge in [0, 0.05) is 5.75 Å². The maximum absolute atomic E-state index is 11.2. The maximum atomic E-state index is 11.2. The molecule has 5 N–H and O–H groups in total. The van der Waals surface area contributed by atoms with Crippen molar-refractivity contribution in [2.24, 2.45) is 11.5 Å². The minimum absolute atomic E-state index is 0.179. The highest BCUT2D eigenvalue weighted by molar-refractivity contribution is 7.80. The minimum atomic E-state index is -1.02. The van der Waals surface area contributed by atoms with E-state index in [2.05, 4.69) is 17.9 Å². The van der Waals surface area contributed by atoms with Crippen molar-refractivity contribution in [2.75, 3.05) is 5.75 Å². The minimum Gasteiger partial charge on any atom is -0.370 e. The van der Waals surface area contributed by atoms with Gasteiger partial charge in [-0.05, 0) is 0 Å². The molecule has 0 saturated heterocycles. The van der Waals surface area contributed by atoms with Crippen LogP contribution in [0.25, 0.3) is 0 Å². The number of carbonyl (C=O) groups is 3. The Labute approximate surface area is 86.8 Å². The Morgan fingerprint density at radius 2 is 2.07 bits per heavy atom. The number of amides is 2. The van der Waals surface area contributed by atoms with Gasteiger partial charge in [-0.25, -0.2) is 0 Å². The van der Waals surface area contributed by atoms with Crippen molar-refractivity contribution in [1.29, 1.82) is 0 Å². The normalized spacial score (nSPS) is 14.1. The molecule has 2 amide bonds.